The summed E-state index contributed by atoms with van der Waals surface area (Å²) in [4.78, 5) is 4.67. The fourth-order valence-electron chi connectivity index (χ4n) is 3.18. The largest absolute Gasteiger partial charge is 0.493 e. The van der Waals surface area contributed by atoms with Crippen LogP contribution in [0.2, 0.25) is 0 Å². The molecular formula is C22H24N4O3S. The number of rotatable bonds is 7. The number of ether oxygens (including phenoxy) is 3. The summed E-state index contributed by atoms with van der Waals surface area (Å²) in [5, 5.41) is 12.8. The van der Waals surface area contributed by atoms with Crippen molar-refractivity contribution in [3.63, 3.8) is 0 Å². The molecule has 0 radical (unpaired) electrons. The smallest absolute Gasteiger partial charge is 0.247 e. The molecule has 0 fully saturated rings. The molecule has 156 valence electrons. The van der Waals surface area contributed by atoms with Crippen LogP contribution in [-0.4, -0.2) is 35.2 Å². The van der Waals surface area contributed by atoms with Crippen molar-refractivity contribution in [2.75, 3.05) is 25.3 Å². The second-order valence-electron chi connectivity index (χ2n) is 6.75. The molecule has 30 heavy (non-hydrogen) atoms. The first-order valence-corrected chi connectivity index (χ1v) is 10.8. The number of nitrogens with zero attached hydrogens (tertiary/aromatic N) is 3. The van der Waals surface area contributed by atoms with Crippen molar-refractivity contribution in [2.45, 2.75) is 31.1 Å². The number of nitrogens with one attached hydrogen (secondary N) is 1. The van der Waals surface area contributed by atoms with Gasteiger partial charge in [0.1, 0.15) is 0 Å². The number of hydrogen-bond donors (Lipinski definition) is 1. The van der Waals surface area contributed by atoms with E-state index in [4.69, 9.17) is 14.2 Å². The number of aromatic nitrogens is 3. The van der Waals surface area contributed by atoms with Crippen molar-refractivity contribution in [3.8, 4) is 28.6 Å². The van der Waals surface area contributed by atoms with Gasteiger partial charge in [0, 0.05) is 22.6 Å². The quantitative estimate of drug-likeness (QED) is 0.422. The molecule has 1 aliphatic heterocycles. The summed E-state index contributed by atoms with van der Waals surface area (Å²) in [6, 6.07) is 13.6. The van der Waals surface area contributed by atoms with Gasteiger partial charge in [-0.3, -0.25) is 0 Å². The lowest BCUT2D eigenvalue weighted by molar-refractivity contribution is 0.224. The van der Waals surface area contributed by atoms with Crippen molar-refractivity contribution >= 4 is 17.4 Å². The fourth-order valence-corrected chi connectivity index (χ4v) is 4.04. The zero-order chi connectivity index (χ0) is 20.9. The predicted molar refractivity (Wildman–Crippen MR) is 117 cm³/mol. The molecule has 7 nitrogen and oxygen atoms in total. The number of fused-ring (bicyclic) bond motifs is 3. The first kappa shape index (κ1) is 20.3. The minimum absolute atomic E-state index is 0.459. The predicted octanol–water partition coefficient (Wildman–Crippen LogP) is 4.95. The number of hydrogen-bond acceptors (Lipinski definition) is 8. The van der Waals surface area contributed by atoms with Gasteiger partial charge in [0.2, 0.25) is 11.0 Å². The van der Waals surface area contributed by atoms with Gasteiger partial charge in [0.05, 0.1) is 14.2 Å². The summed E-state index contributed by atoms with van der Waals surface area (Å²) in [5.74, 6) is 2.70. The van der Waals surface area contributed by atoms with Crippen LogP contribution in [0.25, 0.3) is 11.3 Å². The van der Waals surface area contributed by atoms with E-state index < -0.39 is 6.23 Å². The number of para-hydroxylation sites is 1. The minimum atomic E-state index is -0.475. The molecule has 0 amide bonds. The Bertz CT molecular complexity index is 1030. The highest BCUT2D eigenvalue weighted by molar-refractivity contribution is 7.99. The summed E-state index contributed by atoms with van der Waals surface area (Å²) >= 11 is 1.59. The molecule has 1 atom stereocenters. The van der Waals surface area contributed by atoms with Crippen LogP contribution in [0.1, 0.15) is 31.6 Å². The number of methoxy groups -OCH3 is 2. The van der Waals surface area contributed by atoms with E-state index in [1.54, 1.807) is 26.0 Å². The van der Waals surface area contributed by atoms with Gasteiger partial charge in [-0.05, 0) is 30.7 Å². The Morgan fingerprint density at radius 1 is 1.07 bits per heavy atom. The van der Waals surface area contributed by atoms with Gasteiger partial charge < -0.3 is 19.5 Å². The van der Waals surface area contributed by atoms with E-state index in [0.29, 0.717) is 28.2 Å². The SMILES string of the molecule is CCCCSc1nnc2c(n1)OC(c1ccc(OC)c(OC)c1)Nc1ccccc1-2. The number of anilines is 1. The topological polar surface area (TPSA) is 78.4 Å². The minimum Gasteiger partial charge on any atom is -0.493 e. The van der Waals surface area contributed by atoms with E-state index in [1.165, 1.54) is 0 Å². The molecule has 0 saturated carbocycles. The van der Waals surface area contributed by atoms with Crippen LogP contribution in [0.15, 0.2) is 47.6 Å². The van der Waals surface area contributed by atoms with Gasteiger partial charge in [-0.1, -0.05) is 43.3 Å². The molecule has 0 aliphatic carbocycles. The van der Waals surface area contributed by atoms with E-state index in [9.17, 15) is 0 Å². The normalized spacial score (nSPS) is 14.6. The third-order valence-corrected chi connectivity index (χ3v) is 5.70. The first-order chi connectivity index (χ1) is 14.7. The zero-order valence-corrected chi connectivity index (χ0v) is 18.0. The van der Waals surface area contributed by atoms with Gasteiger partial charge in [0.15, 0.2) is 23.4 Å². The van der Waals surface area contributed by atoms with E-state index >= 15 is 0 Å². The molecule has 0 spiro atoms. The maximum atomic E-state index is 6.31. The van der Waals surface area contributed by atoms with Crippen molar-refractivity contribution in [2.24, 2.45) is 0 Å². The van der Waals surface area contributed by atoms with E-state index in [1.807, 2.05) is 42.5 Å². The molecular weight excluding hydrogens is 400 g/mol. The lowest BCUT2D eigenvalue weighted by Crippen LogP contribution is -2.17. The maximum Gasteiger partial charge on any atom is 0.247 e. The van der Waals surface area contributed by atoms with Crippen LogP contribution in [0.5, 0.6) is 17.4 Å². The molecule has 2 aromatic carbocycles. The van der Waals surface area contributed by atoms with Gasteiger partial charge in [-0.2, -0.15) is 4.98 Å². The fraction of sp³-hybridized carbons (Fsp3) is 0.318. The van der Waals surface area contributed by atoms with Gasteiger partial charge in [-0.25, -0.2) is 0 Å². The average Bonchev–Trinajstić information content (AvgIpc) is 2.95. The Hall–Kier alpha value is -3.00. The van der Waals surface area contributed by atoms with Crippen molar-refractivity contribution in [3.05, 3.63) is 48.0 Å². The first-order valence-electron chi connectivity index (χ1n) is 9.85. The van der Waals surface area contributed by atoms with Crippen LogP contribution >= 0.6 is 11.8 Å². The standard InChI is InChI=1S/C22H24N4O3S/c1-4-5-12-30-22-24-21-19(25-26-22)15-8-6-7-9-16(15)23-20(29-21)14-10-11-17(27-2)18(13-14)28-3/h6-11,13,20,23H,4-5,12H2,1-3H3. The molecule has 4 rings (SSSR count). The molecule has 0 saturated heterocycles. The van der Waals surface area contributed by atoms with E-state index in [-0.39, 0.29) is 0 Å². The van der Waals surface area contributed by atoms with Gasteiger partial charge in [-0.15, -0.1) is 10.2 Å². The van der Waals surface area contributed by atoms with Gasteiger partial charge in [0.25, 0.3) is 0 Å². The molecule has 1 aromatic heterocycles. The third-order valence-electron chi connectivity index (χ3n) is 4.77. The maximum absolute atomic E-state index is 6.31. The highest BCUT2D eigenvalue weighted by atomic mass is 32.2. The lowest BCUT2D eigenvalue weighted by atomic mass is 10.1. The summed E-state index contributed by atoms with van der Waals surface area (Å²) in [5.41, 5.74) is 3.31. The van der Waals surface area contributed by atoms with Crippen LogP contribution in [0.4, 0.5) is 5.69 Å². The Balaban J connectivity index is 1.74. The van der Waals surface area contributed by atoms with Gasteiger partial charge >= 0.3 is 0 Å². The summed E-state index contributed by atoms with van der Waals surface area (Å²) in [7, 11) is 3.23. The Morgan fingerprint density at radius 2 is 1.90 bits per heavy atom. The number of unbranched alkanes of at least 4 members (excludes halogenated alkanes) is 1. The average molecular weight is 425 g/mol. The molecule has 3 aromatic rings. The summed E-state index contributed by atoms with van der Waals surface area (Å²) in [6.07, 6.45) is 1.75. The van der Waals surface area contributed by atoms with Crippen molar-refractivity contribution < 1.29 is 14.2 Å². The summed E-state index contributed by atoms with van der Waals surface area (Å²) in [6.45, 7) is 2.16. The van der Waals surface area contributed by atoms with Crippen LogP contribution in [0, 0.1) is 0 Å². The molecule has 1 N–H and O–H groups in total. The molecule has 1 unspecified atom stereocenters. The monoisotopic (exact) mass is 424 g/mol. The van der Waals surface area contributed by atoms with Crippen LogP contribution in [0.3, 0.4) is 0 Å². The highest BCUT2D eigenvalue weighted by Gasteiger charge is 2.26. The van der Waals surface area contributed by atoms with E-state index in [2.05, 4.69) is 27.4 Å². The molecule has 1 aliphatic rings. The van der Waals surface area contributed by atoms with E-state index in [0.717, 1.165) is 35.4 Å². The highest BCUT2D eigenvalue weighted by Crippen LogP contribution is 2.40. The van der Waals surface area contributed by atoms with Crippen molar-refractivity contribution in [1.29, 1.82) is 0 Å². The molecule has 0 bridgehead atoms. The third kappa shape index (κ3) is 4.14. The second-order valence-corrected chi connectivity index (χ2v) is 7.81. The molecule has 8 heteroatoms. The van der Waals surface area contributed by atoms with Crippen LogP contribution < -0.4 is 19.5 Å². The lowest BCUT2D eigenvalue weighted by Gasteiger charge is -2.20. The molecule has 2 heterocycles. The summed E-state index contributed by atoms with van der Waals surface area (Å²) < 4.78 is 17.1. The Labute approximate surface area is 180 Å². The van der Waals surface area contributed by atoms with Crippen molar-refractivity contribution in [1.82, 2.24) is 15.2 Å². The second kappa shape index (κ2) is 9.21. The van der Waals surface area contributed by atoms with Crippen LogP contribution in [-0.2, 0) is 0 Å². The Kier molecular flexibility index (Phi) is 6.23. The number of thioether (sulfide) groups is 1. The zero-order valence-electron chi connectivity index (χ0n) is 17.2. The Morgan fingerprint density at radius 3 is 2.70 bits per heavy atom. The number of benzene rings is 2.